The van der Waals surface area contributed by atoms with Gasteiger partial charge >= 0.3 is 0 Å². The van der Waals surface area contributed by atoms with Crippen LogP contribution >= 0.6 is 23.2 Å². The maximum atomic E-state index is 6.06. The molecule has 1 rings (SSSR count). The zero-order valence-electron chi connectivity index (χ0n) is 10.7. The van der Waals surface area contributed by atoms with Crippen molar-refractivity contribution in [1.29, 1.82) is 0 Å². The quantitative estimate of drug-likeness (QED) is 0.638. The minimum absolute atomic E-state index is 0.118. The third-order valence-electron chi connectivity index (χ3n) is 2.67. The Morgan fingerprint density at radius 3 is 1.94 bits per heavy atom. The van der Waals surface area contributed by atoms with E-state index in [-0.39, 0.29) is 5.41 Å². The first-order valence-electron chi connectivity index (χ1n) is 5.57. The zero-order chi connectivity index (χ0) is 12.6. The van der Waals surface area contributed by atoms with Gasteiger partial charge in [0.25, 0.3) is 0 Å². The van der Waals surface area contributed by atoms with E-state index in [1.165, 1.54) is 5.56 Å². The number of hydrogen-bond donors (Lipinski definition) is 0. The Bertz CT molecular complexity index is 373. The van der Waals surface area contributed by atoms with Crippen molar-refractivity contribution in [3.8, 4) is 0 Å². The van der Waals surface area contributed by atoms with Crippen LogP contribution in [0.2, 0.25) is 10.0 Å². The average Bonchev–Trinajstić information content (AvgIpc) is 2.05. The summed E-state index contributed by atoms with van der Waals surface area (Å²) in [5, 5.41) is 1.26. The molecule has 0 nitrogen and oxygen atoms in total. The van der Waals surface area contributed by atoms with Gasteiger partial charge in [-0.15, -0.1) is 0 Å². The van der Waals surface area contributed by atoms with E-state index < -0.39 is 0 Å². The second-order valence-corrected chi connectivity index (χ2v) is 7.06. The second-order valence-electron chi connectivity index (χ2n) is 6.25. The van der Waals surface area contributed by atoms with Gasteiger partial charge in [0.1, 0.15) is 0 Å². The van der Waals surface area contributed by atoms with Crippen molar-refractivity contribution < 1.29 is 0 Å². The summed E-state index contributed by atoms with van der Waals surface area (Å²) in [5.41, 5.74) is 1.67. The van der Waals surface area contributed by atoms with Gasteiger partial charge in [0.2, 0.25) is 0 Å². The van der Waals surface area contributed by atoms with Crippen LogP contribution < -0.4 is 0 Å². The standard InChI is InChI=1S/C14H20Cl2/c1-13(2,3)9-14(4,5)10-6-7-11(15)12(16)8-10/h6-8H,9H2,1-5H3. The van der Waals surface area contributed by atoms with E-state index in [1.54, 1.807) is 0 Å². The van der Waals surface area contributed by atoms with Crippen LogP contribution in [0.3, 0.4) is 0 Å². The van der Waals surface area contributed by atoms with Gasteiger partial charge in [0.05, 0.1) is 10.0 Å². The van der Waals surface area contributed by atoms with Gasteiger partial charge < -0.3 is 0 Å². The van der Waals surface area contributed by atoms with Gasteiger partial charge in [0.15, 0.2) is 0 Å². The van der Waals surface area contributed by atoms with Crippen LogP contribution in [0.25, 0.3) is 0 Å². The maximum Gasteiger partial charge on any atom is 0.0595 e. The summed E-state index contributed by atoms with van der Waals surface area (Å²) in [6, 6.07) is 5.93. The van der Waals surface area contributed by atoms with Gasteiger partial charge in [-0.05, 0) is 34.9 Å². The number of hydrogen-bond acceptors (Lipinski definition) is 0. The summed E-state index contributed by atoms with van der Waals surface area (Å²) in [4.78, 5) is 0. The number of halogens is 2. The normalized spacial score (nSPS) is 12.9. The van der Waals surface area contributed by atoms with Crippen LogP contribution in [0, 0.1) is 5.41 Å². The van der Waals surface area contributed by atoms with Gasteiger partial charge in [-0.1, -0.05) is 63.9 Å². The van der Waals surface area contributed by atoms with Crippen LogP contribution in [0.1, 0.15) is 46.6 Å². The molecule has 2 heteroatoms. The molecule has 0 saturated heterocycles. The Morgan fingerprint density at radius 2 is 1.50 bits per heavy atom. The third kappa shape index (κ3) is 3.68. The van der Waals surface area contributed by atoms with Crippen LogP contribution in [0.5, 0.6) is 0 Å². The summed E-state index contributed by atoms with van der Waals surface area (Å²) in [5.74, 6) is 0. The fourth-order valence-corrected chi connectivity index (χ4v) is 2.64. The molecule has 16 heavy (non-hydrogen) atoms. The highest BCUT2D eigenvalue weighted by Gasteiger charge is 2.27. The monoisotopic (exact) mass is 258 g/mol. The lowest BCUT2D eigenvalue weighted by Gasteiger charge is -2.33. The Hall–Kier alpha value is -0.200. The second kappa shape index (κ2) is 4.58. The molecular formula is C14H20Cl2. The third-order valence-corrected chi connectivity index (χ3v) is 3.41. The molecule has 0 aliphatic heterocycles. The molecule has 0 fully saturated rings. The number of rotatable bonds is 2. The van der Waals surface area contributed by atoms with Gasteiger partial charge in [-0.2, -0.15) is 0 Å². The highest BCUT2D eigenvalue weighted by atomic mass is 35.5. The van der Waals surface area contributed by atoms with Gasteiger partial charge in [0, 0.05) is 0 Å². The van der Waals surface area contributed by atoms with E-state index in [0.717, 1.165) is 6.42 Å². The van der Waals surface area contributed by atoms with Crippen molar-refractivity contribution in [2.75, 3.05) is 0 Å². The van der Waals surface area contributed by atoms with Crippen molar-refractivity contribution in [3.05, 3.63) is 33.8 Å². The van der Waals surface area contributed by atoms with Gasteiger partial charge in [-0.3, -0.25) is 0 Å². The smallest absolute Gasteiger partial charge is 0.0595 e. The molecule has 90 valence electrons. The molecule has 0 aliphatic carbocycles. The summed E-state index contributed by atoms with van der Waals surface area (Å²) in [7, 11) is 0. The fraction of sp³-hybridized carbons (Fsp3) is 0.571. The van der Waals surface area contributed by atoms with E-state index >= 15 is 0 Å². The van der Waals surface area contributed by atoms with Crippen molar-refractivity contribution in [3.63, 3.8) is 0 Å². The first-order valence-corrected chi connectivity index (χ1v) is 6.33. The van der Waals surface area contributed by atoms with Crippen LogP contribution in [-0.2, 0) is 5.41 Å². The zero-order valence-corrected chi connectivity index (χ0v) is 12.2. The Morgan fingerprint density at radius 1 is 0.938 bits per heavy atom. The summed E-state index contributed by atoms with van der Waals surface area (Å²) in [6.45, 7) is 11.3. The maximum absolute atomic E-state index is 6.06. The lowest BCUT2D eigenvalue weighted by Crippen LogP contribution is -2.24. The largest absolute Gasteiger partial charge is 0.0827 e. The minimum Gasteiger partial charge on any atom is -0.0827 e. The van der Waals surface area contributed by atoms with E-state index in [0.29, 0.717) is 15.5 Å². The summed E-state index contributed by atoms with van der Waals surface area (Å²) in [6.07, 6.45) is 1.11. The fourth-order valence-electron chi connectivity index (χ4n) is 2.34. The lowest BCUT2D eigenvalue weighted by atomic mass is 9.72. The molecule has 0 unspecified atom stereocenters. The van der Waals surface area contributed by atoms with E-state index in [2.05, 4.69) is 40.7 Å². The molecule has 0 aromatic heterocycles. The van der Waals surface area contributed by atoms with E-state index in [1.807, 2.05) is 12.1 Å². The predicted molar refractivity (Wildman–Crippen MR) is 73.6 cm³/mol. The van der Waals surface area contributed by atoms with Crippen LogP contribution in [0.15, 0.2) is 18.2 Å². The molecule has 0 heterocycles. The Labute approximate surface area is 109 Å². The van der Waals surface area contributed by atoms with Crippen molar-refractivity contribution in [1.82, 2.24) is 0 Å². The van der Waals surface area contributed by atoms with E-state index in [9.17, 15) is 0 Å². The molecule has 0 saturated carbocycles. The summed E-state index contributed by atoms with van der Waals surface area (Å²) < 4.78 is 0. The molecule has 1 aromatic rings. The van der Waals surface area contributed by atoms with Crippen molar-refractivity contribution >= 4 is 23.2 Å². The first-order chi connectivity index (χ1) is 7.12. The first kappa shape index (κ1) is 13.9. The minimum atomic E-state index is 0.118. The molecular weight excluding hydrogens is 239 g/mol. The average molecular weight is 259 g/mol. The van der Waals surface area contributed by atoms with Crippen LogP contribution in [0.4, 0.5) is 0 Å². The number of benzene rings is 1. The molecule has 0 aliphatic rings. The molecule has 0 N–H and O–H groups in total. The molecule has 0 amide bonds. The lowest BCUT2D eigenvalue weighted by molar-refractivity contribution is 0.284. The summed E-state index contributed by atoms with van der Waals surface area (Å²) >= 11 is 12.0. The molecule has 1 aromatic carbocycles. The highest BCUT2D eigenvalue weighted by molar-refractivity contribution is 6.42. The SMILES string of the molecule is CC(C)(C)CC(C)(C)c1ccc(Cl)c(Cl)c1. The van der Waals surface area contributed by atoms with Gasteiger partial charge in [-0.25, -0.2) is 0 Å². The van der Waals surface area contributed by atoms with Crippen LogP contribution in [-0.4, -0.2) is 0 Å². The molecule has 0 radical (unpaired) electrons. The predicted octanol–water partition coefficient (Wildman–Crippen LogP) is 5.71. The van der Waals surface area contributed by atoms with Crippen molar-refractivity contribution in [2.45, 2.75) is 46.5 Å². The Balaban J connectivity index is 3.02. The molecule has 0 spiro atoms. The Kier molecular flexibility index (Phi) is 3.97. The van der Waals surface area contributed by atoms with E-state index in [4.69, 9.17) is 23.2 Å². The van der Waals surface area contributed by atoms with Crippen molar-refractivity contribution in [2.24, 2.45) is 5.41 Å². The highest BCUT2D eigenvalue weighted by Crippen LogP contribution is 2.38. The topological polar surface area (TPSA) is 0 Å². The molecule has 0 atom stereocenters. The molecule has 0 bridgehead atoms.